The van der Waals surface area contributed by atoms with Gasteiger partial charge in [0, 0.05) is 31.9 Å². The fourth-order valence-corrected chi connectivity index (χ4v) is 3.31. The molecule has 2 atom stereocenters. The Morgan fingerprint density at radius 1 is 1.25 bits per heavy atom. The first-order valence-electron chi connectivity index (χ1n) is 8.24. The zero-order chi connectivity index (χ0) is 16.9. The SMILES string of the molecule is N#Cc1ccc(NCCCN2CC3CN(C(=O)O)CC(C2)O3)cc1. The molecule has 2 saturated heterocycles. The summed E-state index contributed by atoms with van der Waals surface area (Å²) in [7, 11) is 0. The summed E-state index contributed by atoms with van der Waals surface area (Å²) in [6.45, 7) is 4.33. The molecule has 0 saturated carbocycles. The number of amides is 1. The average Bonchev–Trinajstić information content (AvgIpc) is 2.58. The molecule has 1 amide bonds. The minimum atomic E-state index is -0.853. The van der Waals surface area contributed by atoms with Gasteiger partial charge in [-0.25, -0.2) is 4.79 Å². The normalized spacial score (nSPS) is 23.5. The van der Waals surface area contributed by atoms with Crippen LogP contribution in [0, 0.1) is 11.3 Å². The molecule has 2 aliphatic rings. The molecule has 0 aromatic heterocycles. The van der Waals surface area contributed by atoms with Crippen LogP contribution in [-0.4, -0.2) is 72.5 Å². The van der Waals surface area contributed by atoms with Gasteiger partial charge in [0.15, 0.2) is 0 Å². The summed E-state index contributed by atoms with van der Waals surface area (Å²) in [6.07, 6.45) is 0.121. The van der Waals surface area contributed by atoms with Crippen molar-refractivity contribution in [3.63, 3.8) is 0 Å². The molecule has 2 fully saturated rings. The average molecular weight is 330 g/mol. The number of nitrogens with zero attached hydrogens (tertiary/aromatic N) is 3. The number of hydrogen-bond acceptors (Lipinski definition) is 5. The van der Waals surface area contributed by atoms with E-state index in [0.717, 1.165) is 38.3 Å². The Kier molecular flexibility index (Phi) is 5.18. The van der Waals surface area contributed by atoms with Gasteiger partial charge in [-0.3, -0.25) is 4.90 Å². The third-order valence-corrected chi connectivity index (χ3v) is 4.42. The smallest absolute Gasteiger partial charge is 0.407 e. The standard InChI is InChI=1S/C17H22N4O3/c18-8-13-2-4-14(5-3-13)19-6-1-7-20-9-15-11-21(17(22)23)12-16(10-20)24-15/h2-5,15-16,19H,1,6-7,9-12H2,(H,22,23). The van der Waals surface area contributed by atoms with Gasteiger partial charge in [0.25, 0.3) is 0 Å². The fraction of sp³-hybridized carbons (Fsp3) is 0.529. The number of anilines is 1. The third-order valence-electron chi connectivity index (χ3n) is 4.42. The van der Waals surface area contributed by atoms with E-state index in [0.29, 0.717) is 18.7 Å². The van der Waals surface area contributed by atoms with E-state index in [2.05, 4.69) is 16.3 Å². The van der Waals surface area contributed by atoms with Crippen molar-refractivity contribution in [2.24, 2.45) is 0 Å². The quantitative estimate of drug-likeness (QED) is 0.794. The van der Waals surface area contributed by atoms with Crippen LogP contribution in [0.25, 0.3) is 0 Å². The Morgan fingerprint density at radius 3 is 2.50 bits per heavy atom. The van der Waals surface area contributed by atoms with Crippen molar-refractivity contribution < 1.29 is 14.6 Å². The summed E-state index contributed by atoms with van der Waals surface area (Å²) < 4.78 is 5.84. The monoisotopic (exact) mass is 330 g/mol. The molecular formula is C17H22N4O3. The Bertz CT molecular complexity index is 599. The molecule has 24 heavy (non-hydrogen) atoms. The Hall–Kier alpha value is -2.30. The lowest BCUT2D eigenvalue weighted by molar-refractivity contribution is -0.131. The number of rotatable bonds is 5. The van der Waals surface area contributed by atoms with Crippen molar-refractivity contribution >= 4 is 11.8 Å². The van der Waals surface area contributed by atoms with Gasteiger partial charge in [0.05, 0.1) is 36.9 Å². The van der Waals surface area contributed by atoms with E-state index in [4.69, 9.17) is 15.1 Å². The van der Waals surface area contributed by atoms with Crippen LogP contribution in [0.15, 0.2) is 24.3 Å². The number of fused-ring (bicyclic) bond motifs is 2. The van der Waals surface area contributed by atoms with Gasteiger partial charge in [0.1, 0.15) is 0 Å². The van der Waals surface area contributed by atoms with Gasteiger partial charge < -0.3 is 20.1 Å². The van der Waals surface area contributed by atoms with Crippen molar-refractivity contribution in [2.75, 3.05) is 44.6 Å². The molecule has 128 valence electrons. The Balaban J connectivity index is 1.39. The van der Waals surface area contributed by atoms with Crippen LogP contribution in [0.3, 0.4) is 0 Å². The molecule has 0 radical (unpaired) electrons. The van der Waals surface area contributed by atoms with Gasteiger partial charge in [-0.2, -0.15) is 5.26 Å². The molecule has 0 aliphatic carbocycles. The molecule has 2 heterocycles. The number of morpholine rings is 2. The number of carboxylic acid groups (broad SMARTS) is 1. The van der Waals surface area contributed by atoms with Gasteiger partial charge in [0.2, 0.25) is 0 Å². The van der Waals surface area contributed by atoms with Gasteiger partial charge in [-0.1, -0.05) is 0 Å². The zero-order valence-electron chi connectivity index (χ0n) is 13.5. The largest absolute Gasteiger partial charge is 0.465 e. The maximum atomic E-state index is 11.1. The topological polar surface area (TPSA) is 88.8 Å². The van der Waals surface area contributed by atoms with Gasteiger partial charge in [-0.05, 0) is 30.7 Å². The molecule has 2 N–H and O–H groups in total. The molecule has 0 spiro atoms. The predicted molar refractivity (Wildman–Crippen MR) is 89.0 cm³/mol. The Labute approximate surface area is 141 Å². The van der Waals surface area contributed by atoms with Crippen molar-refractivity contribution in [2.45, 2.75) is 18.6 Å². The van der Waals surface area contributed by atoms with Gasteiger partial charge >= 0.3 is 6.09 Å². The van der Waals surface area contributed by atoms with Crippen LogP contribution in [-0.2, 0) is 4.74 Å². The minimum Gasteiger partial charge on any atom is -0.465 e. The molecule has 3 rings (SSSR count). The van der Waals surface area contributed by atoms with Crippen molar-refractivity contribution in [3.8, 4) is 6.07 Å². The lowest BCUT2D eigenvalue weighted by Crippen LogP contribution is -2.60. The van der Waals surface area contributed by atoms with E-state index in [-0.39, 0.29) is 12.2 Å². The molecule has 2 aliphatic heterocycles. The second kappa shape index (κ2) is 7.51. The number of nitriles is 1. The molecule has 7 nitrogen and oxygen atoms in total. The number of nitrogens with one attached hydrogen (secondary N) is 1. The highest BCUT2D eigenvalue weighted by Gasteiger charge is 2.36. The van der Waals surface area contributed by atoms with Crippen LogP contribution >= 0.6 is 0 Å². The lowest BCUT2D eigenvalue weighted by Gasteiger charge is -2.45. The van der Waals surface area contributed by atoms with E-state index < -0.39 is 6.09 Å². The second-order valence-electron chi connectivity index (χ2n) is 6.30. The van der Waals surface area contributed by atoms with Crippen LogP contribution in [0.2, 0.25) is 0 Å². The summed E-state index contributed by atoms with van der Waals surface area (Å²) in [5, 5.41) is 21.2. The lowest BCUT2D eigenvalue weighted by atomic mass is 10.1. The predicted octanol–water partition coefficient (Wildman–Crippen LogP) is 1.42. The first-order valence-corrected chi connectivity index (χ1v) is 8.24. The maximum absolute atomic E-state index is 11.1. The molecule has 7 heteroatoms. The van der Waals surface area contributed by atoms with Crippen LogP contribution < -0.4 is 5.32 Å². The van der Waals surface area contributed by atoms with E-state index in [1.165, 1.54) is 4.90 Å². The zero-order valence-corrected chi connectivity index (χ0v) is 13.5. The number of hydrogen-bond donors (Lipinski definition) is 2. The van der Waals surface area contributed by atoms with Crippen molar-refractivity contribution in [1.82, 2.24) is 9.80 Å². The van der Waals surface area contributed by atoms with Gasteiger partial charge in [-0.15, -0.1) is 0 Å². The number of carbonyl (C=O) groups is 1. The highest BCUT2D eigenvalue weighted by atomic mass is 16.5. The molecule has 1 aromatic carbocycles. The number of benzene rings is 1. The molecule has 2 bridgehead atoms. The van der Waals surface area contributed by atoms with E-state index in [1.807, 2.05) is 12.1 Å². The Morgan fingerprint density at radius 2 is 1.92 bits per heavy atom. The van der Waals surface area contributed by atoms with E-state index in [9.17, 15) is 4.79 Å². The van der Waals surface area contributed by atoms with Crippen LogP contribution in [0.4, 0.5) is 10.5 Å². The fourth-order valence-electron chi connectivity index (χ4n) is 3.31. The highest BCUT2D eigenvalue weighted by Crippen LogP contribution is 2.19. The summed E-state index contributed by atoms with van der Waals surface area (Å²) in [4.78, 5) is 14.9. The van der Waals surface area contributed by atoms with Crippen LogP contribution in [0.1, 0.15) is 12.0 Å². The molecule has 2 unspecified atom stereocenters. The molecule has 1 aromatic rings. The summed E-state index contributed by atoms with van der Waals surface area (Å²) in [6, 6.07) is 9.55. The highest BCUT2D eigenvalue weighted by molar-refractivity contribution is 5.65. The summed E-state index contributed by atoms with van der Waals surface area (Å²) in [5.41, 5.74) is 1.68. The summed E-state index contributed by atoms with van der Waals surface area (Å²) in [5.74, 6) is 0. The first-order chi connectivity index (χ1) is 11.6. The minimum absolute atomic E-state index is 0.0138. The van der Waals surface area contributed by atoms with E-state index >= 15 is 0 Å². The third kappa shape index (κ3) is 4.16. The van der Waals surface area contributed by atoms with Crippen LogP contribution in [0.5, 0.6) is 0 Å². The summed E-state index contributed by atoms with van der Waals surface area (Å²) >= 11 is 0. The maximum Gasteiger partial charge on any atom is 0.407 e. The second-order valence-corrected chi connectivity index (χ2v) is 6.30. The van der Waals surface area contributed by atoms with Crippen molar-refractivity contribution in [1.29, 1.82) is 5.26 Å². The first kappa shape index (κ1) is 16.6. The van der Waals surface area contributed by atoms with Crippen molar-refractivity contribution in [3.05, 3.63) is 29.8 Å². The van der Waals surface area contributed by atoms with E-state index in [1.54, 1.807) is 12.1 Å². The molecular weight excluding hydrogens is 308 g/mol. The number of ether oxygens (including phenoxy) is 1.